The number of aliphatic hydroxyl groups is 3. The fourth-order valence-electron chi connectivity index (χ4n) is 11.0. The molecule has 4 aliphatic heterocycles. The Kier molecular flexibility index (Phi) is 17.9. The first-order valence-corrected chi connectivity index (χ1v) is 23.6. The van der Waals surface area contributed by atoms with Crippen LogP contribution < -0.4 is 0 Å². The summed E-state index contributed by atoms with van der Waals surface area (Å²) in [5.41, 5.74) is -4.11. The van der Waals surface area contributed by atoms with Gasteiger partial charge in [0.05, 0.1) is 48.1 Å². The summed E-state index contributed by atoms with van der Waals surface area (Å²) in [7, 11) is 7.10. The molecule has 1 aliphatic carbocycles. The van der Waals surface area contributed by atoms with Gasteiger partial charge in [0.2, 0.25) is 0 Å². The zero-order valence-electron chi connectivity index (χ0n) is 41.0. The highest BCUT2D eigenvalue weighted by Gasteiger charge is 2.70. The minimum Gasteiger partial charge on any atom is -0.458 e. The van der Waals surface area contributed by atoms with Crippen LogP contribution in [0.3, 0.4) is 0 Å². The normalized spacial score (nSPS) is 45.7. The second-order valence-corrected chi connectivity index (χ2v) is 20.5. The minimum atomic E-state index is -1.83. The highest BCUT2D eigenvalue weighted by Crippen LogP contribution is 2.52. The third-order valence-electron chi connectivity index (χ3n) is 15.3. The van der Waals surface area contributed by atoms with Crippen molar-refractivity contribution >= 4 is 17.7 Å². The summed E-state index contributed by atoms with van der Waals surface area (Å²) in [6.07, 6.45) is -5.65. The molecule has 3 N–H and O–H groups in total. The van der Waals surface area contributed by atoms with Crippen molar-refractivity contribution in [1.29, 1.82) is 0 Å². The quantitative estimate of drug-likeness (QED) is 0.180. The molecule has 64 heavy (non-hydrogen) atoms. The summed E-state index contributed by atoms with van der Waals surface area (Å²) in [5.74, 6) is -5.48. The van der Waals surface area contributed by atoms with Gasteiger partial charge in [0.25, 0.3) is 0 Å². The summed E-state index contributed by atoms with van der Waals surface area (Å²) in [4.78, 5) is 45.3. The molecule has 0 aromatic heterocycles. The number of hydrogen-bond donors (Lipinski definition) is 3. The fourth-order valence-corrected chi connectivity index (χ4v) is 11.0. The van der Waals surface area contributed by atoms with Gasteiger partial charge in [-0.25, -0.2) is 0 Å². The lowest BCUT2D eigenvalue weighted by Gasteiger charge is -2.50. The number of hydrogen-bond acceptors (Lipinski definition) is 17. The molecule has 5 fully saturated rings. The Bertz CT molecular complexity index is 1570. The first-order chi connectivity index (χ1) is 29.9. The van der Waals surface area contributed by atoms with Crippen LogP contribution in [0.4, 0.5) is 0 Å². The molecule has 0 spiro atoms. The zero-order chi connectivity index (χ0) is 47.6. The molecule has 370 valence electrons. The molecule has 0 radical (unpaired) electrons. The van der Waals surface area contributed by atoms with Crippen molar-refractivity contribution in [2.75, 3.05) is 54.6 Å². The Balaban J connectivity index is 1.55. The lowest BCUT2D eigenvalue weighted by Crippen LogP contribution is -2.61. The summed E-state index contributed by atoms with van der Waals surface area (Å²) in [5, 5.41) is 33.3. The van der Waals surface area contributed by atoms with E-state index in [1.165, 1.54) is 14.0 Å². The average Bonchev–Trinajstić information content (AvgIpc) is 3.77. The van der Waals surface area contributed by atoms with E-state index in [1.54, 1.807) is 41.7 Å². The predicted octanol–water partition coefficient (Wildman–Crippen LogP) is 3.10. The van der Waals surface area contributed by atoms with Gasteiger partial charge in [-0.2, -0.15) is 0 Å². The van der Waals surface area contributed by atoms with Crippen LogP contribution in [0.2, 0.25) is 0 Å². The molecule has 0 amide bonds. The largest absolute Gasteiger partial charge is 0.458 e. The molecule has 17 heteroatoms. The third kappa shape index (κ3) is 11.5. The maximum Gasteiger partial charge on any atom is 0.311 e. The molecule has 4 saturated heterocycles. The number of ether oxygens (including phenoxy) is 9. The van der Waals surface area contributed by atoms with E-state index >= 15 is 0 Å². The number of fused-ring (bicyclic) bond motifs is 1. The number of carbonyl (C=O) groups is 3. The molecule has 5 rings (SSSR count). The molecule has 1 unspecified atom stereocenters. The van der Waals surface area contributed by atoms with Gasteiger partial charge in [-0.05, 0) is 80.8 Å². The summed E-state index contributed by atoms with van der Waals surface area (Å²) in [6.45, 7) is 20.3. The van der Waals surface area contributed by atoms with E-state index < -0.39 is 114 Å². The summed E-state index contributed by atoms with van der Waals surface area (Å²) >= 11 is 0. The second kappa shape index (κ2) is 21.6. The van der Waals surface area contributed by atoms with E-state index in [2.05, 4.69) is 9.80 Å². The number of methoxy groups -OCH3 is 2. The number of nitrogens with zero attached hydrogens (tertiary/aromatic N) is 2. The molecule has 5 aliphatic rings. The van der Waals surface area contributed by atoms with Gasteiger partial charge >= 0.3 is 11.9 Å². The Morgan fingerprint density at radius 1 is 0.875 bits per heavy atom. The van der Waals surface area contributed by atoms with Crippen molar-refractivity contribution in [3.05, 3.63) is 0 Å². The number of likely N-dealkylation sites (tertiary alicyclic amines) is 1. The maximum atomic E-state index is 14.4. The van der Waals surface area contributed by atoms with Crippen molar-refractivity contribution in [2.45, 2.75) is 198 Å². The Labute approximate surface area is 381 Å². The molecule has 0 aromatic carbocycles. The topological polar surface area (TPSA) is 201 Å². The molecule has 4 heterocycles. The SMILES string of the molecule is CO[C@]1(C)C[C@H](O[C@H]2[C@H](C)[C@@H](O[C@@H]3O[C@H](C)C[C@H](N(C)C)[C@H]3OCCCN3CCC(O)CC3)[C@@](C)(OC)C[C@@H](C)C(=O)[C@H](C)[C@@H](O)[C@@]3(O)C(C)[C@H]3OC(=O)[C@@H]2C)O[C@@H](C)[C@@H]1OC(C)=O. The number of aliphatic hydroxyl groups excluding tert-OH is 2. The highest BCUT2D eigenvalue weighted by atomic mass is 16.7. The van der Waals surface area contributed by atoms with Crippen LogP contribution in [0.25, 0.3) is 0 Å². The standard InChI is InChI=1S/C47H82N2O15/c1-25-23-45(9,56-13)40(64-44-38(34(48(11)12)22-26(2)59-44)58-21-15-18-49-19-16-33(51)17-20-49)28(4)37(62-35-24-46(10,57-14)42(31(7)60-35)61-32(8)50)29(5)43(54)63-41-30(6)47(41,55)39(53)27(3)36(25)52/h25-31,33-35,37-42,44,51,53,55H,15-24H2,1-14H3/t25-,26-,27+,28+,29-,30?,31+,34+,35+,37+,38-,39-,40-,41-,42+,44+,45+,46-,47+/m1/s1. The van der Waals surface area contributed by atoms with E-state index in [9.17, 15) is 29.7 Å². The van der Waals surface area contributed by atoms with Crippen molar-refractivity contribution < 1.29 is 72.3 Å². The van der Waals surface area contributed by atoms with Gasteiger partial charge in [-0.15, -0.1) is 0 Å². The average molecular weight is 915 g/mol. The first-order valence-electron chi connectivity index (χ1n) is 23.6. The van der Waals surface area contributed by atoms with Crippen molar-refractivity contribution in [1.82, 2.24) is 9.80 Å². The van der Waals surface area contributed by atoms with Gasteiger partial charge < -0.3 is 67.8 Å². The summed E-state index contributed by atoms with van der Waals surface area (Å²) < 4.78 is 58.2. The van der Waals surface area contributed by atoms with Crippen LogP contribution in [-0.2, 0) is 57.0 Å². The van der Waals surface area contributed by atoms with Gasteiger partial charge in [0.15, 0.2) is 18.7 Å². The van der Waals surface area contributed by atoms with Gasteiger partial charge in [0, 0.05) is 83.5 Å². The van der Waals surface area contributed by atoms with Crippen LogP contribution in [-0.4, -0.2) is 188 Å². The smallest absolute Gasteiger partial charge is 0.311 e. The molecule has 0 bridgehead atoms. The van der Waals surface area contributed by atoms with Crippen LogP contribution in [0.15, 0.2) is 0 Å². The molecular formula is C47H82N2O15. The fraction of sp³-hybridized carbons (Fsp3) is 0.936. The van der Waals surface area contributed by atoms with Gasteiger partial charge in [-0.1, -0.05) is 27.7 Å². The highest BCUT2D eigenvalue weighted by molar-refractivity contribution is 5.84. The molecule has 0 aromatic rings. The number of ketones is 1. The molecule has 17 nitrogen and oxygen atoms in total. The van der Waals surface area contributed by atoms with E-state index in [0.717, 1.165) is 38.9 Å². The Morgan fingerprint density at radius 2 is 1.50 bits per heavy atom. The molecular weight excluding hydrogens is 833 g/mol. The van der Waals surface area contributed by atoms with E-state index in [1.807, 2.05) is 41.8 Å². The Hall–Kier alpha value is -1.87. The van der Waals surface area contributed by atoms with Crippen molar-refractivity contribution in [3.8, 4) is 0 Å². The van der Waals surface area contributed by atoms with Crippen molar-refractivity contribution in [2.24, 2.45) is 29.6 Å². The number of esters is 2. The first kappa shape index (κ1) is 53.1. The summed E-state index contributed by atoms with van der Waals surface area (Å²) in [6, 6.07) is -0.0985. The molecule has 1 saturated carbocycles. The number of likely N-dealkylation sites (N-methyl/N-ethyl adjacent to an activating group) is 1. The van der Waals surface area contributed by atoms with Gasteiger partial charge in [0.1, 0.15) is 29.2 Å². The van der Waals surface area contributed by atoms with E-state index in [0.29, 0.717) is 13.0 Å². The predicted molar refractivity (Wildman–Crippen MR) is 234 cm³/mol. The van der Waals surface area contributed by atoms with E-state index in [4.69, 9.17) is 42.6 Å². The van der Waals surface area contributed by atoms with Crippen LogP contribution >= 0.6 is 0 Å². The lowest BCUT2D eigenvalue weighted by atomic mass is 9.75. The lowest BCUT2D eigenvalue weighted by molar-refractivity contribution is -0.323. The number of rotatable bonds is 13. The van der Waals surface area contributed by atoms with E-state index in [-0.39, 0.29) is 36.9 Å². The monoisotopic (exact) mass is 915 g/mol. The molecule has 19 atom stereocenters. The maximum absolute atomic E-state index is 14.4. The van der Waals surface area contributed by atoms with Crippen LogP contribution in [0, 0.1) is 29.6 Å². The van der Waals surface area contributed by atoms with Crippen molar-refractivity contribution in [3.63, 3.8) is 0 Å². The number of piperidine rings is 1. The van der Waals surface area contributed by atoms with Gasteiger partial charge in [-0.3, -0.25) is 14.4 Å². The van der Waals surface area contributed by atoms with Crippen LogP contribution in [0.5, 0.6) is 0 Å². The zero-order valence-corrected chi connectivity index (χ0v) is 41.0. The third-order valence-corrected chi connectivity index (χ3v) is 15.3. The number of Topliss-reactive ketones (excluding diaryl/α,β-unsaturated/α-hetero) is 1. The minimum absolute atomic E-state index is 0.0985. The second-order valence-electron chi connectivity index (χ2n) is 20.5. The van der Waals surface area contributed by atoms with Crippen LogP contribution in [0.1, 0.15) is 108 Å². The number of carbonyl (C=O) groups excluding carboxylic acids is 3. The Morgan fingerprint density at radius 3 is 2.09 bits per heavy atom.